The van der Waals surface area contributed by atoms with E-state index in [1.54, 1.807) is 33.2 Å². The van der Waals surface area contributed by atoms with Crippen LogP contribution in [0.4, 0.5) is 0 Å². The zero-order valence-electron chi connectivity index (χ0n) is 14.9. The van der Waals surface area contributed by atoms with Crippen molar-refractivity contribution in [2.24, 2.45) is 11.7 Å². The minimum absolute atomic E-state index is 0. The molecule has 0 radical (unpaired) electrons. The molecule has 1 rings (SSSR count). The molecule has 1 amide bonds. The fourth-order valence-corrected chi connectivity index (χ4v) is 3.98. The van der Waals surface area contributed by atoms with Crippen molar-refractivity contribution >= 4 is 28.3 Å². The molecule has 8 heteroatoms. The van der Waals surface area contributed by atoms with Crippen molar-refractivity contribution in [3.8, 4) is 0 Å². The zero-order chi connectivity index (χ0) is 17.8. The second-order valence-corrected chi connectivity index (χ2v) is 8.38. The molecule has 138 valence electrons. The Labute approximate surface area is 151 Å². The second-order valence-electron chi connectivity index (χ2n) is 6.70. The lowest BCUT2D eigenvalue weighted by molar-refractivity contribution is 0.0827. The summed E-state index contributed by atoms with van der Waals surface area (Å²) >= 11 is 0. The lowest BCUT2D eigenvalue weighted by atomic mass is 9.92. The molecule has 0 aromatic heterocycles. The Bertz CT molecular complexity index is 662. The molecule has 1 atom stereocenters. The highest BCUT2D eigenvalue weighted by molar-refractivity contribution is 7.89. The molecule has 0 fully saturated rings. The van der Waals surface area contributed by atoms with Gasteiger partial charge in [-0.3, -0.25) is 4.79 Å². The number of carbonyl (C=O) groups excluding carboxylic acids is 1. The quantitative estimate of drug-likeness (QED) is 0.758. The smallest absolute Gasteiger partial charge is 0.253 e. The minimum Gasteiger partial charge on any atom is -0.345 e. The molecule has 1 unspecified atom stereocenters. The SMILES string of the molecule is CC(C)CC(C)(CN)NS(=O)(=O)c1cccc(C(=O)N(C)C)c1.Cl. The van der Waals surface area contributed by atoms with Crippen molar-refractivity contribution in [3.05, 3.63) is 29.8 Å². The third kappa shape index (κ3) is 6.05. The number of nitrogens with zero attached hydrogens (tertiary/aromatic N) is 1. The first-order chi connectivity index (χ1) is 10.5. The predicted octanol–water partition coefficient (Wildman–Crippen LogP) is 1.85. The minimum atomic E-state index is -3.76. The molecule has 24 heavy (non-hydrogen) atoms. The number of carbonyl (C=O) groups is 1. The fraction of sp³-hybridized carbons (Fsp3) is 0.562. The van der Waals surface area contributed by atoms with Gasteiger partial charge in [0.05, 0.1) is 4.90 Å². The van der Waals surface area contributed by atoms with E-state index in [9.17, 15) is 13.2 Å². The summed E-state index contributed by atoms with van der Waals surface area (Å²) in [5.74, 6) is 0.0544. The Balaban J connectivity index is 0.00000529. The van der Waals surface area contributed by atoms with Gasteiger partial charge >= 0.3 is 0 Å². The zero-order valence-corrected chi connectivity index (χ0v) is 16.5. The summed E-state index contributed by atoms with van der Waals surface area (Å²) in [6.07, 6.45) is 0.624. The van der Waals surface area contributed by atoms with Crippen molar-refractivity contribution in [1.29, 1.82) is 0 Å². The van der Waals surface area contributed by atoms with E-state index in [1.165, 1.54) is 17.0 Å². The van der Waals surface area contributed by atoms with Gasteiger partial charge in [-0.25, -0.2) is 13.1 Å². The maximum Gasteiger partial charge on any atom is 0.253 e. The molecule has 1 aromatic carbocycles. The first kappa shape index (κ1) is 22.9. The van der Waals surface area contributed by atoms with Crippen LogP contribution in [-0.4, -0.2) is 45.4 Å². The lowest BCUT2D eigenvalue weighted by Gasteiger charge is -2.30. The summed E-state index contributed by atoms with van der Waals surface area (Å²) in [7, 11) is -0.516. The lowest BCUT2D eigenvalue weighted by Crippen LogP contribution is -2.52. The van der Waals surface area contributed by atoms with Crippen LogP contribution in [0.25, 0.3) is 0 Å². The van der Waals surface area contributed by atoms with E-state index < -0.39 is 15.6 Å². The molecule has 0 aliphatic heterocycles. The highest BCUT2D eigenvalue weighted by atomic mass is 35.5. The molecule has 0 aliphatic rings. The van der Waals surface area contributed by atoms with Crippen molar-refractivity contribution in [1.82, 2.24) is 9.62 Å². The Morgan fingerprint density at radius 1 is 1.33 bits per heavy atom. The second kappa shape index (κ2) is 8.80. The van der Waals surface area contributed by atoms with Gasteiger partial charge in [0.15, 0.2) is 0 Å². The molecular formula is C16H28ClN3O3S. The summed E-state index contributed by atoms with van der Waals surface area (Å²) in [6.45, 7) is 6.01. The molecule has 0 saturated carbocycles. The van der Waals surface area contributed by atoms with Crippen LogP contribution >= 0.6 is 12.4 Å². The van der Waals surface area contributed by atoms with Crippen LogP contribution in [0.1, 0.15) is 37.6 Å². The molecule has 0 aliphatic carbocycles. The number of nitrogens with one attached hydrogen (secondary N) is 1. The van der Waals surface area contributed by atoms with Crippen LogP contribution in [0.5, 0.6) is 0 Å². The van der Waals surface area contributed by atoms with E-state index in [0.717, 1.165) is 0 Å². The largest absolute Gasteiger partial charge is 0.345 e. The monoisotopic (exact) mass is 377 g/mol. The van der Waals surface area contributed by atoms with Crippen LogP contribution < -0.4 is 10.5 Å². The Morgan fingerprint density at radius 2 is 1.92 bits per heavy atom. The molecule has 6 nitrogen and oxygen atoms in total. The van der Waals surface area contributed by atoms with Gasteiger partial charge in [-0.15, -0.1) is 12.4 Å². The number of rotatable bonds is 7. The average Bonchev–Trinajstić information content (AvgIpc) is 2.45. The number of halogens is 1. The van der Waals surface area contributed by atoms with Crippen LogP contribution in [0.15, 0.2) is 29.2 Å². The molecular weight excluding hydrogens is 350 g/mol. The van der Waals surface area contributed by atoms with Crippen molar-refractivity contribution in [2.75, 3.05) is 20.6 Å². The number of benzene rings is 1. The van der Waals surface area contributed by atoms with Crippen molar-refractivity contribution in [3.63, 3.8) is 0 Å². The first-order valence-corrected chi connectivity index (χ1v) is 9.05. The molecule has 0 spiro atoms. The number of nitrogens with two attached hydrogens (primary N) is 1. The third-order valence-corrected chi connectivity index (χ3v) is 5.12. The van der Waals surface area contributed by atoms with Gasteiger partial charge in [-0.2, -0.15) is 0 Å². The van der Waals surface area contributed by atoms with Crippen LogP contribution in [0, 0.1) is 5.92 Å². The third-order valence-electron chi connectivity index (χ3n) is 3.49. The van der Waals surface area contributed by atoms with Crippen molar-refractivity contribution < 1.29 is 13.2 Å². The van der Waals surface area contributed by atoms with Gasteiger partial charge in [-0.1, -0.05) is 19.9 Å². The maximum atomic E-state index is 12.6. The number of sulfonamides is 1. The van der Waals surface area contributed by atoms with Gasteiger partial charge < -0.3 is 10.6 Å². The topological polar surface area (TPSA) is 92.5 Å². The van der Waals surface area contributed by atoms with E-state index in [1.807, 2.05) is 13.8 Å². The van der Waals surface area contributed by atoms with Gasteiger partial charge in [0, 0.05) is 31.7 Å². The number of hydrogen-bond acceptors (Lipinski definition) is 4. The molecule has 1 aromatic rings. The van der Waals surface area contributed by atoms with Crippen LogP contribution in [-0.2, 0) is 10.0 Å². The van der Waals surface area contributed by atoms with Gasteiger partial charge in [-0.05, 0) is 37.5 Å². The van der Waals surface area contributed by atoms with Gasteiger partial charge in [0.25, 0.3) is 5.91 Å². The summed E-state index contributed by atoms with van der Waals surface area (Å²) in [6, 6.07) is 6.02. The van der Waals surface area contributed by atoms with Gasteiger partial charge in [0.2, 0.25) is 10.0 Å². The summed E-state index contributed by atoms with van der Waals surface area (Å²) in [5, 5.41) is 0. The number of amides is 1. The summed E-state index contributed by atoms with van der Waals surface area (Å²) < 4.78 is 28.0. The summed E-state index contributed by atoms with van der Waals surface area (Å²) in [4.78, 5) is 13.5. The van der Waals surface area contributed by atoms with Crippen LogP contribution in [0.2, 0.25) is 0 Å². The highest BCUT2D eigenvalue weighted by Gasteiger charge is 2.30. The van der Waals surface area contributed by atoms with E-state index >= 15 is 0 Å². The first-order valence-electron chi connectivity index (χ1n) is 7.56. The summed E-state index contributed by atoms with van der Waals surface area (Å²) in [5.41, 5.74) is 5.37. The number of hydrogen-bond donors (Lipinski definition) is 2. The normalized spacial score (nSPS) is 14.0. The van der Waals surface area contributed by atoms with E-state index in [-0.39, 0.29) is 29.8 Å². The van der Waals surface area contributed by atoms with Gasteiger partial charge in [0.1, 0.15) is 0 Å². The highest BCUT2D eigenvalue weighted by Crippen LogP contribution is 2.20. The van der Waals surface area contributed by atoms with Crippen LogP contribution in [0.3, 0.4) is 0 Å². The fourth-order valence-electron chi connectivity index (χ4n) is 2.51. The Morgan fingerprint density at radius 3 is 2.38 bits per heavy atom. The Kier molecular flexibility index (Phi) is 8.38. The molecule has 0 bridgehead atoms. The molecule has 3 N–H and O–H groups in total. The van der Waals surface area contributed by atoms with Crippen molar-refractivity contribution in [2.45, 2.75) is 37.6 Å². The molecule has 0 heterocycles. The predicted molar refractivity (Wildman–Crippen MR) is 98.9 cm³/mol. The maximum absolute atomic E-state index is 12.6. The van der Waals surface area contributed by atoms with E-state index in [0.29, 0.717) is 17.9 Å². The Hall–Kier alpha value is -1.15. The van der Waals surface area contributed by atoms with E-state index in [2.05, 4.69) is 4.72 Å². The standard InChI is InChI=1S/C16H27N3O3S.ClH/c1-12(2)10-16(3,11-17)18-23(21,22)14-8-6-7-13(9-14)15(20)19(4)5;/h6-9,12,18H,10-11,17H2,1-5H3;1H. The molecule has 0 saturated heterocycles. The van der Waals surface area contributed by atoms with E-state index in [4.69, 9.17) is 5.73 Å². The average molecular weight is 378 g/mol.